The zero-order valence-electron chi connectivity index (χ0n) is 15.3. The molecule has 0 aliphatic rings. The number of nitrogens with one attached hydrogen (secondary N) is 1. The first kappa shape index (κ1) is 18.4. The van der Waals surface area contributed by atoms with Crippen LogP contribution in [0.5, 0.6) is 0 Å². The van der Waals surface area contributed by atoms with Crippen LogP contribution >= 0.6 is 11.6 Å². The van der Waals surface area contributed by atoms with Crippen LogP contribution in [0.3, 0.4) is 0 Å². The van der Waals surface area contributed by atoms with Crippen molar-refractivity contribution in [3.05, 3.63) is 52.4 Å². The molecule has 0 unspecified atom stereocenters. The van der Waals surface area contributed by atoms with Gasteiger partial charge in [0.2, 0.25) is 5.91 Å². The van der Waals surface area contributed by atoms with E-state index in [2.05, 4.69) is 16.8 Å². The number of rotatable bonds is 6. The quantitative estimate of drug-likeness (QED) is 0.681. The molecule has 3 aromatic rings. The molecule has 0 aliphatic heterocycles. The topological polar surface area (TPSA) is 59.8 Å². The molecule has 3 rings (SSSR count). The van der Waals surface area contributed by atoms with Crippen LogP contribution in [0.25, 0.3) is 11.2 Å². The third-order valence-corrected chi connectivity index (χ3v) is 4.56. The number of carbonyl (C=O) groups is 1. The number of nitrogens with zero attached hydrogens (tertiary/aromatic N) is 3. The Balaban J connectivity index is 2.06. The Bertz CT molecular complexity index is 931. The molecule has 0 bridgehead atoms. The van der Waals surface area contributed by atoms with Crippen molar-refractivity contribution in [2.45, 2.75) is 46.6 Å². The predicted molar refractivity (Wildman–Crippen MR) is 106 cm³/mol. The maximum absolute atomic E-state index is 11.4. The first-order valence-corrected chi connectivity index (χ1v) is 9.24. The third-order valence-electron chi connectivity index (χ3n) is 4.31. The van der Waals surface area contributed by atoms with Crippen LogP contribution in [0.2, 0.25) is 5.02 Å². The molecule has 1 amide bonds. The van der Waals surface area contributed by atoms with Crippen LogP contribution < -0.4 is 5.32 Å². The van der Waals surface area contributed by atoms with Crippen molar-refractivity contribution >= 4 is 34.4 Å². The van der Waals surface area contributed by atoms with Gasteiger partial charge in [-0.25, -0.2) is 9.97 Å². The summed E-state index contributed by atoms with van der Waals surface area (Å²) in [5.74, 6) is 0.907. The Kier molecular flexibility index (Phi) is 5.57. The fourth-order valence-corrected chi connectivity index (χ4v) is 3.09. The highest BCUT2D eigenvalue weighted by Crippen LogP contribution is 2.24. The van der Waals surface area contributed by atoms with E-state index in [1.807, 2.05) is 37.3 Å². The number of carbonyl (C=O) groups excluding carboxylic acids is 1. The summed E-state index contributed by atoms with van der Waals surface area (Å²) < 4.78 is 2.17. The van der Waals surface area contributed by atoms with Crippen molar-refractivity contribution in [2.75, 3.05) is 5.32 Å². The molecule has 2 heterocycles. The fourth-order valence-electron chi connectivity index (χ4n) is 2.97. The van der Waals surface area contributed by atoms with Crippen LogP contribution in [-0.4, -0.2) is 20.4 Å². The first-order chi connectivity index (χ1) is 12.5. The van der Waals surface area contributed by atoms with E-state index in [0.717, 1.165) is 52.5 Å². The van der Waals surface area contributed by atoms with Gasteiger partial charge in [0.15, 0.2) is 5.65 Å². The van der Waals surface area contributed by atoms with Crippen LogP contribution in [0.1, 0.15) is 43.8 Å². The summed E-state index contributed by atoms with van der Waals surface area (Å²) in [7, 11) is 0. The molecule has 0 fully saturated rings. The highest BCUT2D eigenvalue weighted by atomic mass is 35.5. The number of hydrogen-bond donors (Lipinski definition) is 1. The summed E-state index contributed by atoms with van der Waals surface area (Å²) in [5.41, 5.74) is 4.30. The van der Waals surface area contributed by atoms with Gasteiger partial charge in [-0.3, -0.25) is 4.79 Å². The number of aromatic nitrogens is 3. The molecule has 0 spiro atoms. The van der Waals surface area contributed by atoms with Gasteiger partial charge in [0.25, 0.3) is 0 Å². The maximum Gasteiger partial charge on any atom is 0.221 e. The molecule has 0 saturated heterocycles. The van der Waals surface area contributed by atoms with Crippen LogP contribution in [0, 0.1) is 6.92 Å². The van der Waals surface area contributed by atoms with Gasteiger partial charge in [0.1, 0.15) is 11.3 Å². The lowest BCUT2D eigenvalue weighted by molar-refractivity contribution is -0.114. The summed E-state index contributed by atoms with van der Waals surface area (Å²) in [4.78, 5) is 20.9. The standard InChI is InChI=1S/C20H23ClN4O/c1-4-5-6-19-24-18-11-17(23-14(3)26)13(2)22-20(18)25(19)12-15-7-9-16(21)10-8-15/h7-11H,4-6,12H2,1-3H3,(H,23,26). The van der Waals surface area contributed by atoms with E-state index in [1.54, 1.807) is 0 Å². The van der Waals surface area contributed by atoms with Crippen molar-refractivity contribution in [3.63, 3.8) is 0 Å². The van der Waals surface area contributed by atoms with Gasteiger partial charge >= 0.3 is 0 Å². The minimum absolute atomic E-state index is 0.110. The highest BCUT2D eigenvalue weighted by molar-refractivity contribution is 6.30. The SMILES string of the molecule is CCCCc1nc2cc(NC(C)=O)c(C)nc2n1Cc1ccc(Cl)cc1. The minimum atomic E-state index is -0.110. The summed E-state index contributed by atoms with van der Waals surface area (Å²) in [5, 5.41) is 3.55. The molecular formula is C20H23ClN4O. The van der Waals surface area contributed by atoms with Gasteiger partial charge in [-0.05, 0) is 37.1 Å². The third kappa shape index (κ3) is 4.05. The van der Waals surface area contributed by atoms with E-state index in [0.29, 0.717) is 12.2 Å². The Labute approximate surface area is 158 Å². The normalized spacial score (nSPS) is 11.1. The Morgan fingerprint density at radius 3 is 2.62 bits per heavy atom. The Morgan fingerprint density at radius 1 is 1.23 bits per heavy atom. The number of hydrogen-bond acceptors (Lipinski definition) is 3. The highest BCUT2D eigenvalue weighted by Gasteiger charge is 2.15. The van der Waals surface area contributed by atoms with Crippen LogP contribution in [0.4, 0.5) is 5.69 Å². The lowest BCUT2D eigenvalue weighted by Gasteiger charge is -2.10. The monoisotopic (exact) mass is 370 g/mol. The van der Waals surface area contributed by atoms with Gasteiger partial charge in [-0.2, -0.15) is 0 Å². The number of aryl methyl sites for hydroxylation is 2. The average molecular weight is 371 g/mol. The average Bonchev–Trinajstić information content (AvgIpc) is 2.91. The van der Waals surface area contributed by atoms with Crippen molar-refractivity contribution in [1.29, 1.82) is 0 Å². The number of unbranched alkanes of at least 4 members (excludes halogenated alkanes) is 1. The van der Waals surface area contributed by atoms with Crippen LogP contribution in [0.15, 0.2) is 30.3 Å². The van der Waals surface area contributed by atoms with Crippen molar-refractivity contribution in [1.82, 2.24) is 14.5 Å². The smallest absolute Gasteiger partial charge is 0.221 e. The molecule has 2 aromatic heterocycles. The lowest BCUT2D eigenvalue weighted by atomic mass is 10.2. The van der Waals surface area contributed by atoms with Crippen molar-refractivity contribution < 1.29 is 4.79 Å². The fraction of sp³-hybridized carbons (Fsp3) is 0.350. The molecule has 0 saturated carbocycles. The predicted octanol–water partition coefficient (Wildman–Crippen LogP) is 4.74. The second-order valence-electron chi connectivity index (χ2n) is 6.49. The van der Waals surface area contributed by atoms with E-state index >= 15 is 0 Å². The Hall–Kier alpha value is -2.40. The largest absolute Gasteiger partial charge is 0.325 e. The molecule has 1 aromatic carbocycles. The molecule has 26 heavy (non-hydrogen) atoms. The second kappa shape index (κ2) is 7.87. The number of anilines is 1. The summed E-state index contributed by atoms with van der Waals surface area (Å²) in [6.07, 6.45) is 3.07. The van der Waals surface area contributed by atoms with Gasteiger partial charge in [-0.1, -0.05) is 37.1 Å². The van der Waals surface area contributed by atoms with Gasteiger partial charge in [-0.15, -0.1) is 0 Å². The number of imidazole rings is 1. The molecule has 6 heteroatoms. The number of benzene rings is 1. The summed E-state index contributed by atoms with van der Waals surface area (Å²) >= 11 is 6.00. The molecule has 0 radical (unpaired) electrons. The zero-order chi connectivity index (χ0) is 18.7. The minimum Gasteiger partial charge on any atom is -0.325 e. The summed E-state index contributed by atoms with van der Waals surface area (Å²) in [6.45, 7) is 6.26. The van der Waals surface area contributed by atoms with Crippen molar-refractivity contribution in [3.8, 4) is 0 Å². The van der Waals surface area contributed by atoms with E-state index < -0.39 is 0 Å². The number of amides is 1. The van der Waals surface area contributed by atoms with Crippen molar-refractivity contribution in [2.24, 2.45) is 0 Å². The maximum atomic E-state index is 11.4. The van der Waals surface area contributed by atoms with E-state index in [9.17, 15) is 4.79 Å². The molecule has 5 nitrogen and oxygen atoms in total. The summed E-state index contributed by atoms with van der Waals surface area (Å²) in [6, 6.07) is 9.75. The first-order valence-electron chi connectivity index (χ1n) is 8.86. The van der Waals surface area contributed by atoms with Crippen LogP contribution in [-0.2, 0) is 17.8 Å². The van der Waals surface area contributed by atoms with Gasteiger partial charge in [0.05, 0.1) is 17.9 Å². The zero-order valence-corrected chi connectivity index (χ0v) is 16.1. The second-order valence-corrected chi connectivity index (χ2v) is 6.93. The lowest BCUT2D eigenvalue weighted by Crippen LogP contribution is -2.09. The number of fused-ring (bicyclic) bond motifs is 1. The van der Waals surface area contributed by atoms with E-state index in [-0.39, 0.29) is 5.91 Å². The van der Waals surface area contributed by atoms with E-state index in [4.69, 9.17) is 21.6 Å². The molecule has 136 valence electrons. The number of pyridine rings is 1. The molecule has 0 atom stereocenters. The molecular weight excluding hydrogens is 348 g/mol. The number of halogens is 1. The van der Waals surface area contributed by atoms with Gasteiger partial charge in [0, 0.05) is 18.4 Å². The van der Waals surface area contributed by atoms with E-state index in [1.165, 1.54) is 6.92 Å². The Morgan fingerprint density at radius 2 is 1.96 bits per heavy atom. The molecule has 1 N–H and O–H groups in total. The van der Waals surface area contributed by atoms with Gasteiger partial charge < -0.3 is 9.88 Å². The molecule has 0 aliphatic carbocycles.